The van der Waals surface area contributed by atoms with Crippen molar-refractivity contribution in [3.05, 3.63) is 45.7 Å². The standard InChI is InChI=1S/C21H20O6.H2O.2H2/c1-8-3-4-10-5-11-6-12-7-13(23)14(9(2)22)19(25)17(12)21(27)16(11)20(26)15(10)18(8)24;;;/h3-4,11-12,17,24-26H,5-7H2,1-2H3;1H2;2*1H. The van der Waals surface area contributed by atoms with E-state index < -0.39 is 34.9 Å². The lowest BCUT2D eigenvalue weighted by Gasteiger charge is -2.41. The van der Waals surface area contributed by atoms with Crippen LogP contribution in [0.3, 0.4) is 0 Å². The second-order valence-electron chi connectivity index (χ2n) is 7.71. The number of Topliss-reactive ketones (excluding diaryl/α,β-unsaturated/α-hetero) is 3. The number of hydrogen-bond acceptors (Lipinski definition) is 6. The number of hydrogen-bond donors (Lipinski definition) is 3. The number of carbonyl (C=O) groups excluding carboxylic acids is 3. The van der Waals surface area contributed by atoms with Crippen LogP contribution in [0.1, 0.15) is 39.3 Å². The molecule has 1 fully saturated rings. The van der Waals surface area contributed by atoms with Crippen LogP contribution in [0.2, 0.25) is 0 Å². The fourth-order valence-electron chi connectivity index (χ4n) is 4.83. The van der Waals surface area contributed by atoms with Gasteiger partial charge in [-0.3, -0.25) is 14.4 Å². The minimum absolute atomic E-state index is 0. The average molecular weight is 390 g/mol. The van der Waals surface area contributed by atoms with Gasteiger partial charge in [0.15, 0.2) is 17.3 Å². The third-order valence-electron chi connectivity index (χ3n) is 6.07. The highest BCUT2D eigenvalue weighted by atomic mass is 16.3. The van der Waals surface area contributed by atoms with Gasteiger partial charge in [-0.15, -0.1) is 0 Å². The molecule has 152 valence electrons. The number of fused-ring (bicyclic) bond motifs is 3. The fraction of sp³-hybridized carbons (Fsp3) is 0.381. The molecule has 1 saturated carbocycles. The van der Waals surface area contributed by atoms with Crippen LogP contribution >= 0.6 is 0 Å². The van der Waals surface area contributed by atoms with E-state index in [2.05, 4.69) is 0 Å². The van der Waals surface area contributed by atoms with E-state index in [1.165, 1.54) is 6.92 Å². The Balaban J connectivity index is 0.00000150. The highest BCUT2D eigenvalue weighted by Gasteiger charge is 2.50. The smallest absolute Gasteiger partial charge is 0.173 e. The maximum absolute atomic E-state index is 13.2. The topological polar surface area (TPSA) is 143 Å². The first kappa shape index (κ1) is 19.8. The van der Waals surface area contributed by atoms with Crippen LogP contribution in [0.25, 0.3) is 5.76 Å². The van der Waals surface area contributed by atoms with E-state index >= 15 is 0 Å². The number of aryl methyl sites for hydroxylation is 1. The first-order chi connectivity index (χ1) is 12.7. The number of phenolic OH excluding ortho intramolecular Hbond substituents is 1. The lowest BCUT2D eigenvalue weighted by Crippen LogP contribution is -2.43. The van der Waals surface area contributed by atoms with Gasteiger partial charge >= 0.3 is 0 Å². The third kappa shape index (κ3) is 2.57. The molecule has 3 aliphatic rings. The van der Waals surface area contributed by atoms with E-state index in [1.807, 2.05) is 6.07 Å². The SMILES string of the molecule is CC(=O)C1=C(O)C2C(=O)C3=C(O)c4c(ccc(C)c4O)CC3CC2CC1=O.O.[HH].[HH]. The predicted molar refractivity (Wildman–Crippen MR) is 104 cm³/mol. The molecule has 28 heavy (non-hydrogen) atoms. The molecule has 0 bridgehead atoms. The molecule has 0 spiro atoms. The van der Waals surface area contributed by atoms with Crippen molar-refractivity contribution >= 4 is 23.1 Å². The van der Waals surface area contributed by atoms with Crippen molar-refractivity contribution in [3.8, 4) is 5.75 Å². The molecule has 0 amide bonds. The van der Waals surface area contributed by atoms with Crippen molar-refractivity contribution in [2.24, 2.45) is 17.8 Å². The number of rotatable bonds is 1. The Bertz CT molecular complexity index is 993. The molecule has 3 aliphatic carbocycles. The summed E-state index contributed by atoms with van der Waals surface area (Å²) < 4.78 is 0. The Hall–Kier alpha value is -2.93. The molecule has 0 aromatic heterocycles. The van der Waals surface area contributed by atoms with Crippen LogP contribution in [-0.2, 0) is 20.8 Å². The molecule has 0 aliphatic heterocycles. The Morgan fingerprint density at radius 2 is 1.82 bits per heavy atom. The zero-order valence-corrected chi connectivity index (χ0v) is 15.6. The van der Waals surface area contributed by atoms with Gasteiger partial charge in [-0.05, 0) is 49.7 Å². The predicted octanol–water partition coefficient (Wildman–Crippen LogP) is 2.39. The van der Waals surface area contributed by atoms with Gasteiger partial charge in [-0.2, -0.15) is 0 Å². The van der Waals surface area contributed by atoms with E-state index in [9.17, 15) is 29.7 Å². The molecular formula is C21H26O7. The number of benzene rings is 1. The van der Waals surface area contributed by atoms with E-state index in [-0.39, 0.29) is 48.9 Å². The summed E-state index contributed by atoms with van der Waals surface area (Å²) in [6.45, 7) is 2.90. The number of aromatic hydroxyl groups is 1. The molecule has 3 atom stereocenters. The van der Waals surface area contributed by atoms with Crippen LogP contribution in [0.4, 0.5) is 0 Å². The van der Waals surface area contributed by atoms with Gasteiger partial charge in [-0.25, -0.2) is 0 Å². The van der Waals surface area contributed by atoms with Crippen molar-refractivity contribution in [2.45, 2.75) is 33.1 Å². The molecule has 7 heteroatoms. The summed E-state index contributed by atoms with van der Waals surface area (Å²) in [6, 6.07) is 3.59. The Morgan fingerprint density at radius 1 is 1.14 bits per heavy atom. The zero-order chi connectivity index (χ0) is 19.6. The van der Waals surface area contributed by atoms with Gasteiger partial charge < -0.3 is 20.8 Å². The molecular weight excluding hydrogens is 364 g/mol. The van der Waals surface area contributed by atoms with Crippen molar-refractivity contribution < 1.29 is 38.0 Å². The largest absolute Gasteiger partial charge is 0.511 e. The minimum Gasteiger partial charge on any atom is -0.511 e. The molecule has 0 heterocycles. The summed E-state index contributed by atoms with van der Waals surface area (Å²) in [5.74, 6) is -3.95. The Labute approximate surface area is 164 Å². The first-order valence-corrected chi connectivity index (χ1v) is 8.98. The van der Waals surface area contributed by atoms with Crippen LogP contribution in [-0.4, -0.2) is 38.1 Å². The monoisotopic (exact) mass is 390 g/mol. The van der Waals surface area contributed by atoms with Gasteiger partial charge in [-0.1, -0.05) is 12.1 Å². The fourth-order valence-corrected chi connectivity index (χ4v) is 4.83. The number of phenols is 1. The second kappa shape index (κ2) is 6.60. The number of allylic oxidation sites excluding steroid dienone is 3. The first-order valence-electron chi connectivity index (χ1n) is 8.98. The van der Waals surface area contributed by atoms with Gasteiger partial charge in [0.2, 0.25) is 0 Å². The molecule has 1 aromatic rings. The summed E-state index contributed by atoms with van der Waals surface area (Å²) in [7, 11) is 0. The Kier molecular flexibility index (Phi) is 4.67. The normalized spacial score (nSPS) is 26.3. The molecule has 5 N–H and O–H groups in total. The number of ketones is 3. The molecule has 7 nitrogen and oxygen atoms in total. The van der Waals surface area contributed by atoms with Crippen LogP contribution in [0.5, 0.6) is 5.75 Å². The zero-order valence-electron chi connectivity index (χ0n) is 15.6. The highest BCUT2D eigenvalue weighted by Crippen LogP contribution is 2.50. The van der Waals surface area contributed by atoms with E-state index in [0.29, 0.717) is 18.4 Å². The van der Waals surface area contributed by atoms with E-state index in [0.717, 1.165) is 5.56 Å². The van der Waals surface area contributed by atoms with Crippen molar-refractivity contribution in [3.63, 3.8) is 0 Å². The molecule has 1 aromatic carbocycles. The average Bonchev–Trinajstić information content (AvgIpc) is 2.57. The maximum atomic E-state index is 13.2. The summed E-state index contributed by atoms with van der Waals surface area (Å²) in [6.07, 6.45) is 0.951. The molecule has 0 radical (unpaired) electrons. The lowest BCUT2D eigenvalue weighted by molar-refractivity contribution is -0.127. The highest BCUT2D eigenvalue weighted by molar-refractivity contribution is 6.21. The van der Waals surface area contributed by atoms with Crippen molar-refractivity contribution in [2.75, 3.05) is 0 Å². The summed E-state index contributed by atoms with van der Waals surface area (Å²) >= 11 is 0. The van der Waals surface area contributed by atoms with Crippen LogP contribution in [0, 0.1) is 24.7 Å². The summed E-state index contributed by atoms with van der Waals surface area (Å²) in [4.78, 5) is 37.2. The quantitative estimate of drug-likeness (QED) is 0.628. The van der Waals surface area contributed by atoms with Gasteiger partial charge in [0.05, 0.1) is 17.1 Å². The second-order valence-corrected chi connectivity index (χ2v) is 7.71. The van der Waals surface area contributed by atoms with Crippen LogP contribution in [0.15, 0.2) is 29.0 Å². The van der Waals surface area contributed by atoms with E-state index in [1.54, 1.807) is 13.0 Å². The molecule has 0 saturated heterocycles. The number of carbonyl (C=O) groups is 3. The van der Waals surface area contributed by atoms with E-state index in [4.69, 9.17) is 0 Å². The van der Waals surface area contributed by atoms with Gasteiger partial charge in [0.1, 0.15) is 17.3 Å². The summed E-state index contributed by atoms with van der Waals surface area (Å²) in [5.41, 5.74) is 1.47. The maximum Gasteiger partial charge on any atom is 0.173 e. The number of aliphatic hydroxyl groups is 2. The minimum atomic E-state index is -0.997. The van der Waals surface area contributed by atoms with Crippen molar-refractivity contribution in [1.29, 1.82) is 0 Å². The van der Waals surface area contributed by atoms with Gasteiger partial charge in [0, 0.05) is 14.8 Å². The lowest BCUT2D eigenvalue weighted by atomic mass is 9.61. The third-order valence-corrected chi connectivity index (χ3v) is 6.07. The Morgan fingerprint density at radius 3 is 2.46 bits per heavy atom. The molecule has 4 rings (SSSR count). The summed E-state index contributed by atoms with van der Waals surface area (Å²) in [5, 5.41) is 31.7. The van der Waals surface area contributed by atoms with Crippen LogP contribution < -0.4 is 0 Å². The van der Waals surface area contributed by atoms with Crippen molar-refractivity contribution in [1.82, 2.24) is 0 Å². The van der Waals surface area contributed by atoms with Gasteiger partial charge in [0.25, 0.3) is 0 Å². The molecule has 3 unspecified atom stereocenters. The number of aliphatic hydroxyl groups excluding tert-OH is 2.